The molecule has 0 aliphatic carbocycles. The van der Waals surface area contributed by atoms with E-state index in [1.807, 2.05) is 0 Å². The quantitative estimate of drug-likeness (QED) is 0.432. The zero-order valence-electron chi connectivity index (χ0n) is 6.66. The Morgan fingerprint density at radius 3 is 2.77 bits per heavy atom. The molecule has 0 aromatic heterocycles. The first-order valence-corrected chi connectivity index (χ1v) is 3.91. The Labute approximate surface area is 73.3 Å². The van der Waals surface area contributed by atoms with Gasteiger partial charge in [0, 0.05) is 0 Å². The molecule has 0 aromatic rings. The van der Waals surface area contributed by atoms with Crippen LogP contribution in [0, 0.1) is 10.1 Å². The molecule has 0 bridgehead atoms. The summed E-state index contributed by atoms with van der Waals surface area (Å²) in [4.78, 5) is 14.4. The van der Waals surface area contributed by atoms with Crippen molar-refractivity contribution in [3.8, 4) is 0 Å². The van der Waals surface area contributed by atoms with Crippen molar-refractivity contribution in [2.24, 2.45) is 0 Å². The minimum absolute atomic E-state index is 0.0906. The lowest BCUT2D eigenvalue weighted by molar-refractivity contribution is -0.769. The van der Waals surface area contributed by atoms with Crippen molar-refractivity contribution in [1.29, 1.82) is 0 Å². The fraction of sp³-hybridized carbons (Fsp3) is 1.00. The Kier molecular flexibility index (Phi) is 2.06. The first-order valence-electron chi connectivity index (χ1n) is 3.91. The van der Waals surface area contributed by atoms with Gasteiger partial charge in [0.1, 0.15) is 18.3 Å². The minimum Gasteiger partial charge on any atom is -0.388 e. The Hall–Kier alpha value is -0.920. The van der Waals surface area contributed by atoms with E-state index >= 15 is 0 Å². The van der Waals surface area contributed by atoms with Gasteiger partial charge < -0.3 is 19.4 Å². The van der Waals surface area contributed by atoms with Crippen LogP contribution >= 0.6 is 0 Å². The first kappa shape index (κ1) is 8.67. The molecule has 2 saturated heterocycles. The molecule has 2 aliphatic heterocycles. The number of fused-ring (bicyclic) bond motifs is 1. The number of ether oxygens (including phenoxy) is 2. The van der Waals surface area contributed by atoms with Gasteiger partial charge in [0.15, 0.2) is 6.10 Å². The molecule has 0 amide bonds. The lowest BCUT2D eigenvalue weighted by atomic mass is 10.1. The minimum atomic E-state index is -0.871. The van der Waals surface area contributed by atoms with E-state index in [1.165, 1.54) is 0 Å². The molecule has 2 fully saturated rings. The summed E-state index contributed by atoms with van der Waals surface area (Å²) in [6, 6.07) is 0. The smallest absolute Gasteiger partial charge is 0.294 e. The molecular formula is C6H9NO6. The molecule has 0 spiro atoms. The zero-order valence-corrected chi connectivity index (χ0v) is 6.66. The lowest BCUT2D eigenvalue weighted by Gasteiger charge is -2.12. The number of aliphatic hydroxyl groups is 1. The second kappa shape index (κ2) is 3.09. The van der Waals surface area contributed by atoms with Gasteiger partial charge in [-0.2, -0.15) is 0 Å². The van der Waals surface area contributed by atoms with E-state index in [-0.39, 0.29) is 13.2 Å². The third kappa shape index (κ3) is 1.45. The van der Waals surface area contributed by atoms with E-state index in [9.17, 15) is 15.2 Å². The van der Waals surface area contributed by atoms with Crippen LogP contribution in [-0.4, -0.2) is 47.8 Å². The first-order chi connectivity index (χ1) is 6.18. The van der Waals surface area contributed by atoms with Gasteiger partial charge in [-0.3, -0.25) is 0 Å². The normalized spacial score (nSPS) is 43.2. The van der Waals surface area contributed by atoms with Gasteiger partial charge in [-0.05, 0) is 0 Å². The van der Waals surface area contributed by atoms with Gasteiger partial charge in [0.05, 0.1) is 13.2 Å². The van der Waals surface area contributed by atoms with Crippen molar-refractivity contribution < 1.29 is 24.5 Å². The molecule has 74 valence electrons. The monoisotopic (exact) mass is 191 g/mol. The molecule has 2 heterocycles. The van der Waals surface area contributed by atoms with Crippen LogP contribution in [0.1, 0.15) is 0 Å². The molecule has 0 aromatic carbocycles. The Morgan fingerprint density at radius 1 is 1.38 bits per heavy atom. The maximum atomic E-state index is 10.0. The van der Waals surface area contributed by atoms with Crippen molar-refractivity contribution in [2.45, 2.75) is 24.4 Å². The summed E-state index contributed by atoms with van der Waals surface area (Å²) >= 11 is 0. The Bertz CT molecular complexity index is 221. The van der Waals surface area contributed by atoms with Gasteiger partial charge >= 0.3 is 0 Å². The molecule has 0 radical (unpaired) electrons. The van der Waals surface area contributed by atoms with E-state index in [0.29, 0.717) is 0 Å². The summed E-state index contributed by atoms with van der Waals surface area (Å²) in [6.45, 7) is 0.236. The maximum Gasteiger partial charge on any atom is 0.294 e. The second-order valence-electron chi connectivity index (χ2n) is 3.03. The number of aliphatic hydroxyl groups excluding tert-OH is 1. The van der Waals surface area contributed by atoms with Gasteiger partial charge in [-0.15, -0.1) is 10.1 Å². The molecule has 2 aliphatic rings. The number of hydrogen-bond acceptors (Lipinski definition) is 6. The van der Waals surface area contributed by atoms with Gasteiger partial charge in [0.25, 0.3) is 5.09 Å². The van der Waals surface area contributed by atoms with Crippen molar-refractivity contribution in [3.63, 3.8) is 0 Å². The molecule has 4 atom stereocenters. The SMILES string of the molecule is O=[N+]([O-])O[C@H]1CO[C@H]2[C@H]1OC[C@H]2O. The third-order valence-electron chi connectivity index (χ3n) is 2.20. The average Bonchev–Trinajstić information content (AvgIpc) is 2.56. The predicted octanol–water partition coefficient (Wildman–Crippen LogP) is -1.28. The van der Waals surface area contributed by atoms with Gasteiger partial charge in [-0.1, -0.05) is 0 Å². The highest BCUT2D eigenvalue weighted by molar-refractivity contribution is 4.94. The standard InChI is InChI=1S/C6H9NO6/c8-3-1-11-6-4(13-7(9)10)2-12-5(3)6/h3-6,8H,1-2H2/t3-,4+,5-,6+/m1/s1. The highest BCUT2D eigenvalue weighted by Gasteiger charge is 2.48. The number of hydrogen-bond donors (Lipinski definition) is 1. The van der Waals surface area contributed by atoms with Gasteiger partial charge in [0.2, 0.25) is 0 Å². The Morgan fingerprint density at radius 2 is 2.08 bits per heavy atom. The largest absolute Gasteiger partial charge is 0.388 e. The molecule has 1 N–H and O–H groups in total. The summed E-state index contributed by atoms with van der Waals surface area (Å²) in [6.07, 6.45) is -2.41. The van der Waals surface area contributed by atoms with Crippen LogP contribution in [-0.2, 0) is 14.3 Å². The van der Waals surface area contributed by atoms with Crippen LogP contribution in [0.4, 0.5) is 0 Å². The van der Waals surface area contributed by atoms with Gasteiger partial charge in [-0.25, -0.2) is 0 Å². The molecule has 7 nitrogen and oxygen atoms in total. The molecule has 7 heteroatoms. The fourth-order valence-electron chi connectivity index (χ4n) is 1.64. The van der Waals surface area contributed by atoms with Crippen LogP contribution in [0.5, 0.6) is 0 Å². The van der Waals surface area contributed by atoms with Crippen LogP contribution in [0.15, 0.2) is 0 Å². The summed E-state index contributed by atoms with van der Waals surface area (Å²) in [5.41, 5.74) is 0. The number of rotatable bonds is 2. The van der Waals surface area contributed by atoms with E-state index in [1.54, 1.807) is 0 Å². The Balaban J connectivity index is 1.98. The van der Waals surface area contributed by atoms with Crippen LogP contribution in [0.3, 0.4) is 0 Å². The molecule has 13 heavy (non-hydrogen) atoms. The highest BCUT2D eigenvalue weighted by atomic mass is 17.0. The van der Waals surface area contributed by atoms with Crippen molar-refractivity contribution in [3.05, 3.63) is 10.1 Å². The molecule has 0 unspecified atom stereocenters. The maximum absolute atomic E-state index is 10.0. The topological polar surface area (TPSA) is 91.1 Å². The fourth-order valence-corrected chi connectivity index (χ4v) is 1.64. The molecule has 2 rings (SSSR count). The van der Waals surface area contributed by atoms with Crippen LogP contribution in [0.25, 0.3) is 0 Å². The van der Waals surface area contributed by atoms with E-state index in [0.717, 1.165) is 0 Å². The molecule has 0 saturated carbocycles. The van der Waals surface area contributed by atoms with Crippen LogP contribution in [0.2, 0.25) is 0 Å². The van der Waals surface area contributed by atoms with E-state index in [4.69, 9.17) is 9.47 Å². The van der Waals surface area contributed by atoms with E-state index in [2.05, 4.69) is 4.84 Å². The summed E-state index contributed by atoms with van der Waals surface area (Å²) in [5.74, 6) is 0. The third-order valence-corrected chi connectivity index (χ3v) is 2.20. The molecular weight excluding hydrogens is 182 g/mol. The van der Waals surface area contributed by atoms with Crippen LogP contribution < -0.4 is 0 Å². The second-order valence-corrected chi connectivity index (χ2v) is 3.03. The van der Waals surface area contributed by atoms with E-state index < -0.39 is 29.5 Å². The zero-order chi connectivity index (χ0) is 9.42. The predicted molar refractivity (Wildman–Crippen MR) is 37.4 cm³/mol. The lowest BCUT2D eigenvalue weighted by Crippen LogP contribution is -2.33. The highest BCUT2D eigenvalue weighted by Crippen LogP contribution is 2.28. The summed E-state index contributed by atoms with van der Waals surface area (Å²) in [7, 11) is 0. The number of nitrogens with zero attached hydrogens (tertiary/aromatic N) is 1. The van der Waals surface area contributed by atoms with Crippen molar-refractivity contribution in [2.75, 3.05) is 13.2 Å². The summed E-state index contributed by atoms with van der Waals surface area (Å²) in [5, 5.41) is 18.4. The average molecular weight is 191 g/mol. The summed E-state index contributed by atoms with van der Waals surface area (Å²) < 4.78 is 10.2. The van der Waals surface area contributed by atoms with Crippen molar-refractivity contribution >= 4 is 0 Å². The van der Waals surface area contributed by atoms with Crippen molar-refractivity contribution in [1.82, 2.24) is 0 Å².